The second kappa shape index (κ2) is 7.88. The Labute approximate surface area is 123 Å². The largest absolute Gasteiger partial charge is 0.354 e. The highest BCUT2D eigenvalue weighted by molar-refractivity contribution is 7.98. The van der Waals surface area contributed by atoms with Gasteiger partial charge in [-0.05, 0) is 19.6 Å². The van der Waals surface area contributed by atoms with Gasteiger partial charge in [-0.1, -0.05) is 6.92 Å². The lowest BCUT2D eigenvalue weighted by Crippen LogP contribution is -2.32. The maximum Gasteiger partial charge on any atom is 0.329 e. The Balaban J connectivity index is 3.07. The lowest BCUT2D eigenvalue weighted by atomic mass is 10.3. The molecule has 0 aliphatic rings. The SMILES string of the molecule is CCCNc1ncc([N+](=O)[O-])c(N(C)C(C)CSC)n1. The molecular formula is C12H21N5O2S. The summed E-state index contributed by atoms with van der Waals surface area (Å²) < 4.78 is 0. The first-order valence-electron chi connectivity index (χ1n) is 6.48. The molecule has 0 amide bonds. The topological polar surface area (TPSA) is 84.2 Å². The predicted molar refractivity (Wildman–Crippen MR) is 83.7 cm³/mol. The average molecular weight is 299 g/mol. The molecule has 0 aromatic carbocycles. The van der Waals surface area contributed by atoms with Gasteiger partial charge in [-0.3, -0.25) is 10.1 Å². The molecule has 1 atom stereocenters. The average Bonchev–Trinajstić information content (AvgIpc) is 2.44. The lowest BCUT2D eigenvalue weighted by molar-refractivity contribution is -0.384. The van der Waals surface area contributed by atoms with E-state index in [1.165, 1.54) is 6.20 Å². The number of hydrogen-bond acceptors (Lipinski definition) is 7. The van der Waals surface area contributed by atoms with Crippen molar-refractivity contribution in [3.05, 3.63) is 16.3 Å². The normalized spacial score (nSPS) is 12.0. The van der Waals surface area contributed by atoms with Gasteiger partial charge in [-0.25, -0.2) is 4.98 Å². The summed E-state index contributed by atoms with van der Waals surface area (Å²) in [5.74, 6) is 1.65. The molecule has 1 aromatic rings. The van der Waals surface area contributed by atoms with Gasteiger partial charge in [-0.2, -0.15) is 16.7 Å². The summed E-state index contributed by atoms with van der Waals surface area (Å²) in [6.45, 7) is 4.79. The van der Waals surface area contributed by atoms with E-state index in [4.69, 9.17) is 0 Å². The molecule has 1 heterocycles. The third-order valence-electron chi connectivity index (χ3n) is 2.88. The summed E-state index contributed by atoms with van der Waals surface area (Å²) in [5, 5.41) is 14.2. The third-order valence-corrected chi connectivity index (χ3v) is 3.70. The zero-order valence-electron chi connectivity index (χ0n) is 12.3. The molecule has 1 unspecified atom stereocenters. The van der Waals surface area contributed by atoms with Gasteiger partial charge in [0.15, 0.2) is 0 Å². The van der Waals surface area contributed by atoms with Crippen molar-refractivity contribution < 1.29 is 4.92 Å². The highest BCUT2D eigenvalue weighted by Gasteiger charge is 2.23. The van der Waals surface area contributed by atoms with E-state index < -0.39 is 4.92 Å². The van der Waals surface area contributed by atoms with Crippen molar-refractivity contribution in [1.29, 1.82) is 0 Å². The zero-order chi connectivity index (χ0) is 15.1. The van der Waals surface area contributed by atoms with Crippen molar-refractivity contribution in [2.45, 2.75) is 26.3 Å². The van der Waals surface area contributed by atoms with E-state index in [9.17, 15) is 10.1 Å². The number of aromatic nitrogens is 2. The highest BCUT2D eigenvalue weighted by atomic mass is 32.2. The van der Waals surface area contributed by atoms with Crippen LogP contribution in [0.1, 0.15) is 20.3 Å². The molecule has 0 radical (unpaired) electrons. The molecular weight excluding hydrogens is 278 g/mol. The zero-order valence-corrected chi connectivity index (χ0v) is 13.1. The van der Waals surface area contributed by atoms with Crippen LogP contribution < -0.4 is 10.2 Å². The molecule has 0 saturated carbocycles. The van der Waals surface area contributed by atoms with Crippen LogP contribution >= 0.6 is 11.8 Å². The van der Waals surface area contributed by atoms with Gasteiger partial charge in [0.25, 0.3) is 0 Å². The maximum atomic E-state index is 11.1. The van der Waals surface area contributed by atoms with Gasteiger partial charge in [0.2, 0.25) is 11.8 Å². The minimum Gasteiger partial charge on any atom is -0.354 e. The monoisotopic (exact) mass is 299 g/mol. The van der Waals surface area contributed by atoms with E-state index in [1.54, 1.807) is 11.8 Å². The minimum absolute atomic E-state index is 0.0671. The fourth-order valence-electron chi connectivity index (χ4n) is 1.64. The van der Waals surface area contributed by atoms with Crippen molar-refractivity contribution in [3.8, 4) is 0 Å². The van der Waals surface area contributed by atoms with Gasteiger partial charge in [-0.15, -0.1) is 0 Å². The molecule has 1 aromatic heterocycles. The molecule has 112 valence electrons. The lowest BCUT2D eigenvalue weighted by Gasteiger charge is -2.25. The van der Waals surface area contributed by atoms with Crippen molar-refractivity contribution in [2.24, 2.45) is 0 Å². The van der Waals surface area contributed by atoms with Crippen LogP contribution in [0.5, 0.6) is 0 Å². The Kier molecular flexibility index (Phi) is 6.50. The third kappa shape index (κ3) is 4.22. The molecule has 0 aliphatic carbocycles. The molecule has 0 spiro atoms. The van der Waals surface area contributed by atoms with E-state index in [0.29, 0.717) is 11.8 Å². The molecule has 8 heteroatoms. The summed E-state index contributed by atoms with van der Waals surface area (Å²) in [6.07, 6.45) is 4.21. The first-order chi connectivity index (χ1) is 9.51. The van der Waals surface area contributed by atoms with Gasteiger partial charge in [0.1, 0.15) is 6.20 Å². The molecule has 1 N–H and O–H groups in total. The predicted octanol–water partition coefficient (Wildman–Crippen LogP) is 2.39. The van der Waals surface area contributed by atoms with Crippen LogP contribution in [0.15, 0.2) is 6.20 Å². The Morgan fingerprint density at radius 1 is 1.60 bits per heavy atom. The van der Waals surface area contributed by atoms with Gasteiger partial charge in [0.05, 0.1) is 4.92 Å². The fourth-order valence-corrected chi connectivity index (χ4v) is 2.34. The van der Waals surface area contributed by atoms with Crippen LogP contribution in [-0.4, -0.2) is 46.5 Å². The van der Waals surface area contributed by atoms with Gasteiger partial charge in [0, 0.05) is 25.4 Å². The second-order valence-electron chi connectivity index (χ2n) is 4.50. The molecule has 20 heavy (non-hydrogen) atoms. The number of thioether (sulfide) groups is 1. The van der Waals surface area contributed by atoms with Gasteiger partial charge < -0.3 is 10.2 Å². The maximum absolute atomic E-state index is 11.1. The first kappa shape index (κ1) is 16.5. The number of rotatable bonds is 8. The number of nitrogens with zero attached hydrogens (tertiary/aromatic N) is 4. The van der Waals surface area contributed by atoms with Crippen molar-refractivity contribution in [1.82, 2.24) is 9.97 Å². The van der Waals surface area contributed by atoms with Crippen LogP contribution in [0.25, 0.3) is 0 Å². The van der Waals surface area contributed by atoms with E-state index in [2.05, 4.69) is 15.3 Å². The number of hydrogen-bond donors (Lipinski definition) is 1. The Bertz CT molecular complexity index is 457. The number of nitrogens with one attached hydrogen (secondary N) is 1. The van der Waals surface area contributed by atoms with E-state index in [0.717, 1.165) is 18.7 Å². The van der Waals surface area contributed by atoms with Crippen LogP contribution in [0, 0.1) is 10.1 Å². The number of anilines is 2. The molecule has 0 fully saturated rings. The summed E-state index contributed by atoms with van der Waals surface area (Å²) in [6, 6.07) is 0.151. The fraction of sp³-hybridized carbons (Fsp3) is 0.667. The highest BCUT2D eigenvalue weighted by Crippen LogP contribution is 2.27. The Hall–Kier alpha value is -1.57. The summed E-state index contributed by atoms with van der Waals surface area (Å²) >= 11 is 1.69. The van der Waals surface area contributed by atoms with E-state index in [-0.39, 0.29) is 11.7 Å². The smallest absolute Gasteiger partial charge is 0.329 e. The standard InChI is InChI=1S/C12H21N5O2S/c1-5-6-13-12-14-7-10(17(18)19)11(15-12)16(3)9(2)8-20-4/h7,9H,5-6,8H2,1-4H3,(H,13,14,15). The van der Waals surface area contributed by atoms with Crippen LogP contribution in [0.4, 0.5) is 17.5 Å². The first-order valence-corrected chi connectivity index (χ1v) is 7.87. The Morgan fingerprint density at radius 3 is 2.85 bits per heavy atom. The van der Waals surface area contributed by atoms with Crippen molar-refractivity contribution in [2.75, 3.05) is 35.8 Å². The molecule has 1 rings (SSSR count). The van der Waals surface area contributed by atoms with Crippen LogP contribution in [0.2, 0.25) is 0 Å². The van der Waals surface area contributed by atoms with E-state index >= 15 is 0 Å². The van der Waals surface area contributed by atoms with Crippen molar-refractivity contribution >= 4 is 29.2 Å². The van der Waals surface area contributed by atoms with Crippen molar-refractivity contribution in [3.63, 3.8) is 0 Å². The molecule has 0 saturated heterocycles. The molecule has 0 bridgehead atoms. The summed E-state index contributed by atoms with van der Waals surface area (Å²) in [4.78, 5) is 20.8. The molecule has 0 aliphatic heterocycles. The van der Waals surface area contributed by atoms with Crippen LogP contribution in [0.3, 0.4) is 0 Å². The molecule has 7 nitrogen and oxygen atoms in total. The summed E-state index contributed by atoms with van der Waals surface area (Å²) in [5.41, 5.74) is -0.0671. The second-order valence-corrected chi connectivity index (χ2v) is 5.41. The number of nitro groups is 1. The quantitative estimate of drug-likeness (QED) is 0.582. The minimum atomic E-state index is -0.443. The van der Waals surface area contributed by atoms with Crippen LogP contribution in [-0.2, 0) is 0 Å². The van der Waals surface area contributed by atoms with E-state index in [1.807, 2.05) is 32.1 Å². The Morgan fingerprint density at radius 2 is 2.30 bits per heavy atom. The van der Waals surface area contributed by atoms with Gasteiger partial charge >= 0.3 is 5.69 Å². The summed E-state index contributed by atoms with van der Waals surface area (Å²) in [7, 11) is 1.82.